The van der Waals surface area contributed by atoms with Crippen LogP contribution in [0.25, 0.3) is 11.3 Å². The maximum atomic E-state index is 13.8. The number of hydrogen-bond acceptors (Lipinski definition) is 7. The van der Waals surface area contributed by atoms with Gasteiger partial charge in [0.2, 0.25) is 5.91 Å². The first-order chi connectivity index (χ1) is 18.7. The molecular formula is C30H28N4O4. The molecule has 1 fully saturated rings. The fraction of sp³-hybridized carbons (Fsp3) is 0.233. The highest BCUT2D eigenvalue weighted by molar-refractivity contribution is 5.90. The molecule has 2 aliphatic rings. The van der Waals surface area contributed by atoms with Gasteiger partial charge in [0.1, 0.15) is 11.5 Å². The molecule has 0 saturated carbocycles. The SMILES string of the molecule is COc1ccc(-c2ccc(N3CCN(C(=O)C4c5ccccc5Oc5ccccc54)CC3)nn2)cc1OC. The summed E-state index contributed by atoms with van der Waals surface area (Å²) < 4.78 is 16.8. The summed E-state index contributed by atoms with van der Waals surface area (Å²) in [5.74, 6) is 3.32. The van der Waals surface area contributed by atoms with Crippen LogP contribution in [0.2, 0.25) is 0 Å². The van der Waals surface area contributed by atoms with Gasteiger partial charge < -0.3 is 24.0 Å². The average molecular weight is 509 g/mol. The van der Waals surface area contributed by atoms with Crippen molar-refractivity contribution in [1.29, 1.82) is 0 Å². The summed E-state index contributed by atoms with van der Waals surface area (Å²) in [6.45, 7) is 2.59. The molecule has 4 aromatic rings. The molecule has 8 nitrogen and oxygen atoms in total. The molecule has 0 atom stereocenters. The number of para-hydroxylation sites is 2. The first kappa shape index (κ1) is 23.8. The van der Waals surface area contributed by atoms with E-state index < -0.39 is 0 Å². The second-order valence-corrected chi connectivity index (χ2v) is 9.27. The van der Waals surface area contributed by atoms with Crippen molar-refractivity contribution >= 4 is 11.7 Å². The third-order valence-electron chi connectivity index (χ3n) is 7.17. The molecule has 8 heteroatoms. The molecule has 0 spiro atoms. The fourth-order valence-corrected chi connectivity index (χ4v) is 5.16. The smallest absolute Gasteiger partial charge is 0.234 e. The lowest BCUT2D eigenvalue weighted by Gasteiger charge is -2.38. The minimum Gasteiger partial charge on any atom is -0.493 e. The van der Waals surface area contributed by atoms with E-state index in [9.17, 15) is 4.79 Å². The molecule has 3 heterocycles. The second kappa shape index (κ2) is 10.0. The Kier molecular flexibility index (Phi) is 6.29. The molecule has 1 saturated heterocycles. The third kappa shape index (κ3) is 4.28. The number of piperazine rings is 1. The number of aromatic nitrogens is 2. The monoisotopic (exact) mass is 508 g/mol. The van der Waals surface area contributed by atoms with Crippen LogP contribution in [0.5, 0.6) is 23.0 Å². The summed E-state index contributed by atoms with van der Waals surface area (Å²) in [7, 11) is 3.22. The highest BCUT2D eigenvalue weighted by Gasteiger charge is 2.36. The average Bonchev–Trinajstić information content (AvgIpc) is 2.99. The highest BCUT2D eigenvalue weighted by Crippen LogP contribution is 2.44. The minimum atomic E-state index is -0.372. The van der Waals surface area contributed by atoms with E-state index in [1.165, 1.54) is 0 Å². The predicted molar refractivity (Wildman–Crippen MR) is 144 cm³/mol. The van der Waals surface area contributed by atoms with Crippen LogP contribution in [0.3, 0.4) is 0 Å². The van der Waals surface area contributed by atoms with Gasteiger partial charge >= 0.3 is 0 Å². The van der Waals surface area contributed by atoms with E-state index in [-0.39, 0.29) is 11.8 Å². The lowest BCUT2D eigenvalue weighted by molar-refractivity contribution is -0.132. The van der Waals surface area contributed by atoms with Crippen molar-refractivity contribution in [3.63, 3.8) is 0 Å². The summed E-state index contributed by atoms with van der Waals surface area (Å²) >= 11 is 0. The Labute approximate surface area is 221 Å². The van der Waals surface area contributed by atoms with Gasteiger partial charge in [-0.05, 0) is 42.5 Å². The zero-order valence-corrected chi connectivity index (χ0v) is 21.3. The molecule has 0 N–H and O–H groups in total. The van der Waals surface area contributed by atoms with Crippen molar-refractivity contribution < 1.29 is 19.0 Å². The molecule has 192 valence electrons. The number of carbonyl (C=O) groups excluding carboxylic acids is 1. The van der Waals surface area contributed by atoms with Gasteiger partial charge in [0.15, 0.2) is 17.3 Å². The number of amides is 1. The molecule has 2 aliphatic heterocycles. The van der Waals surface area contributed by atoms with Crippen LogP contribution in [0.4, 0.5) is 5.82 Å². The lowest BCUT2D eigenvalue weighted by Crippen LogP contribution is -2.50. The first-order valence-electron chi connectivity index (χ1n) is 12.6. The van der Waals surface area contributed by atoms with Gasteiger partial charge in [-0.25, -0.2) is 0 Å². The lowest BCUT2D eigenvalue weighted by atomic mass is 9.86. The summed E-state index contributed by atoms with van der Waals surface area (Å²) in [6, 6.07) is 25.2. The normalized spacial score (nSPS) is 14.8. The van der Waals surface area contributed by atoms with E-state index in [0.717, 1.165) is 39.7 Å². The number of anilines is 1. The maximum absolute atomic E-state index is 13.8. The van der Waals surface area contributed by atoms with Crippen LogP contribution in [0.15, 0.2) is 78.9 Å². The van der Waals surface area contributed by atoms with Crippen LogP contribution in [0.1, 0.15) is 17.0 Å². The van der Waals surface area contributed by atoms with E-state index in [4.69, 9.17) is 14.2 Å². The van der Waals surface area contributed by atoms with Crippen molar-refractivity contribution in [2.75, 3.05) is 45.3 Å². The molecule has 3 aromatic carbocycles. The second-order valence-electron chi connectivity index (χ2n) is 9.27. The molecule has 1 amide bonds. The zero-order valence-electron chi connectivity index (χ0n) is 21.3. The Balaban J connectivity index is 1.16. The van der Waals surface area contributed by atoms with Crippen LogP contribution in [0, 0.1) is 0 Å². The zero-order chi connectivity index (χ0) is 26.1. The summed E-state index contributed by atoms with van der Waals surface area (Å²) in [5.41, 5.74) is 3.47. The molecule has 38 heavy (non-hydrogen) atoms. The van der Waals surface area contributed by atoms with Gasteiger partial charge in [-0.2, -0.15) is 0 Å². The minimum absolute atomic E-state index is 0.0998. The molecule has 0 unspecified atom stereocenters. The van der Waals surface area contributed by atoms with Crippen molar-refractivity contribution in [3.8, 4) is 34.3 Å². The standard InChI is InChI=1S/C30H28N4O4/c1-36-26-13-11-20(19-27(26)37-2)23-12-14-28(32-31-23)33-15-17-34(18-16-33)30(35)29-21-7-3-5-9-24(21)38-25-10-6-4-8-22(25)29/h3-14,19,29H,15-18H2,1-2H3. The number of ether oxygens (including phenoxy) is 3. The molecule has 6 rings (SSSR count). The van der Waals surface area contributed by atoms with Gasteiger partial charge in [-0.3, -0.25) is 4.79 Å². The van der Waals surface area contributed by atoms with Crippen LogP contribution in [-0.4, -0.2) is 61.4 Å². The van der Waals surface area contributed by atoms with E-state index in [1.807, 2.05) is 83.8 Å². The number of fused-ring (bicyclic) bond motifs is 2. The van der Waals surface area contributed by atoms with E-state index >= 15 is 0 Å². The van der Waals surface area contributed by atoms with Crippen LogP contribution < -0.4 is 19.1 Å². The Hall–Kier alpha value is -4.59. The van der Waals surface area contributed by atoms with Crippen molar-refractivity contribution in [2.45, 2.75) is 5.92 Å². The van der Waals surface area contributed by atoms with E-state index in [1.54, 1.807) is 14.2 Å². The Morgan fingerprint density at radius 2 is 1.45 bits per heavy atom. The number of hydrogen-bond donors (Lipinski definition) is 0. The van der Waals surface area contributed by atoms with Gasteiger partial charge in [0.25, 0.3) is 0 Å². The molecule has 1 aromatic heterocycles. The number of rotatable bonds is 5. The number of carbonyl (C=O) groups is 1. The Bertz CT molecular complexity index is 1420. The van der Waals surface area contributed by atoms with Crippen LogP contribution in [-0.2, 0) is 4.79 Å². The largest absolute Gasteiger partial charge is 0.493 e. The molecular weight excluding hydrogens is 480 g/mol. The maximum Gasteiger partial charge on any atom is 0.234 e. The van der Waals surface area contributed by atoms with Crippen molar-refractivity contribution in [3.05, 3.63) is 90.0 Å². The van der Waals surface area contributed by atoms with Gasteiger partial charge in [0, 0.05) is 42.9 Å². The Morgan fingerprint density at radius 1 is 0.789 bits per heavy atom. The van der Waals surface area contributed by atoms with Crippen LogP contribution >= 0.6 is 0 Å². The van der Waals surface area contributed by atoms with Gasteiger partial charge in [-0.15, -0.1) is 10.2 Å². The number of nitrogens with zero attached hydrogens (tertiary/aromatic N) is 4. The van der Waals surface area contributed by atoms with E-state index in [2.05, 4.69) is 15.1 Å². The number of methoxy groups -OCH3 is 2. The summed E-state index contributed by atoms with van der Waals surface area (Å²) in [5, 5.41) is 8.93. The summed E-state index contributed by atoms with van der Waals surface area (Å²) in [4.78, 5) is 17.9. The number of benzene rings is 3. The molecule has 0 radical (unpaired) electrons. The predicted octanol–water partition coefficient (Wildman–Crippen LogP) is 4.75. The fourth-order valence-electron chi connectivity index (χ4n) is 5.16. The van der Waals surface area contributed by atoms with Crippen molar-refractivity contribution in [1.82, 2.24) is 15.1 Å². The third-order valence-corrected chi connectivity index (χ3v) is 7.17. The quantitative estimate of drug-likeness (QED) is 0.385. The van der Waals surface area contributed by atoms with Crippen molar-refractivity contribution in [2.24, 2.45) is 0 Å². The van der Waals surface area contributed by atoms with Gasteiger partial charge in [-0.1, -0.05) is 36.4 Å². The Morgan fingerprint density at radius 3 is 2.05 bits per heavy atom. The first-order valence-corrected chi connectivity index (χ1v) is 12.6. The van der Waals surface area contributed by atoms with E-state index in [0.29, 0.717) is 37.7 Å². The summed E-state index contributed by atoms with van der Waals surface area (Å²) in [6.07, 6.45) is 0. The molecule has 0 bridgehead atoms. The molecule has 0 aliphatic carbocycles. The van der Waals surface area contributed by atoms with Gasteiger partial charge in [0.05, 0.1) is 25.8 Å². The topological polar surface area (TPSA) is 77.0 Å². The highest BCUT2D eigenvalue weighted by atomic mass is 16.5.